The number of hydrogen-bond acceptors (Lipinski definition) is 3. The summed E-state index contributed by atoms with van der Waals surface area (Å²) in [5.74, 6) is 1.51. The highest BCUT2D eigenvalue weighted by Gasteiger charge is 2.26. The van der Waals surface area contributed by atoms with E-state index in [0.717, 1.165) is 5.82 Å². The van der Waals surface area contributed by atoms with Crippen LogP contribution in [0.3, 0.4) is 0 Å². The van der Waals surface area contributed by atoms with Gasteiger partial charge in [0.05, 0.1) is 0 Å². The molecule has 1 aliphatic rings. The van der Waals surface area contributed by atoms with Crippen molar-refractivity contribution in [2.24, 2.45) is 5.92 Å². The second-order valence-corrected chi connectivity index (χ2v) is 4.97. The van der Waals surface area contributed by atoms with Gasteiger partial charge in [0.2, 0.25) is 0 Å². The summed E-state index contributed by atoms with van der Waals surface area (Å²) in [6, 6.07) is 0.544. The van der Waals surface area contributed by atoms with Crippen LogP contribution in [-0.2, 0) is 0 Å². The fourth-order valence-electron chi connectivity index (χ4n) is 2.58. The first-order valence-electron chi connectivity index (χ1n) is 5.89. The van der Waals surface area contributed by atoms with Crippen molar-refractivity contribution in [1.29, 1.82) is 0 Å². The van der Waals surface area contributed by atoms with E-state index in [1.165, 1.54) is 25.7 Å². The molecule has 88 valence electrons. The highest BCUT2D eigenvalue weighted by atomic mass is 35.5. The molecule has 1 saturated carbocycles. The summed E-state index contributed by atoms with van der Waals surface area (Å²) in [5.41, 5.74) is 0. The summed E-state index contributed by atoms with van der Waals surface area (Å²) in [6.45, 7) is 2.31. The largest absolute Gasteiger partial charge is 0.354 e. The van der Waals surface area contributed by atoms with Crippen LogP contribution in [0.5, 0.6) is 0 Å². The van der Waals surface area contributed by atoms with Gasteiger partial charge in [-0.25, -0.2) is 9.97 Å². The molecule has 0 N–H and O–H groups in total. The van der Waals surface area contributed by atoms with E-state index in [2.05, 4.69) is 28.8 Å². The Balaban J connectivity index is 2.17. The van der Waals surface area contributed by atoms with Crippen molar-refractivity contribution in [2.45, 2.75) is 38.6 Å². The molecule has 3 nitrogen and oxygen atoms in total. The summed E-state index contributed by atoms with van der Waals surface area (Å²) < 4.78 is 0. The Hall–Kier alpha value is -0.830. The van der Waals surface area contributed by atoms with Gasteiger partial charge >= 0.3 is 0 Å². The fraction of sp³-hybridized carbons (Fsp3) is 0.667. The third kappa shape index (κ3) is 2.29. The van der Waals surface area contributed by atoms with Gasteiger partial charge in [0.15, 0.2) is 11.0 Å². The lowest BCUT2D eigenvalue weighted by molar-refractivity contribution is 0.320. The summed E-state index contributed by atoms with van der Waals surface area (Å²) in [7, 11) is 2.07. The molecule has 2 rings (SSSR count). The highest BCUT2D eigenvalue weighted by molar-refractivity contribution is 6.31. The minimum atomic E-state index is 0.503. The minimum absolute atomic E-state index is 0.503. The van der Waals surface area contributed by atoms with Crippen LogP contribution in [-0.4, -0.2) is 23.1 Å². The molecular weight excluding hydrogens is 222 g/mol. The smallest absolute Gasteiger partial charge is 0.171 e. The number of aromatic nitrogens is 2. The quantitative estimate of drug-likeness (QED) is 0.794. The van der Waals surface area contributed by atoms with Gasteiger partial charge in [-0.05, 0) is 18.8 Å². The van der Waals surface area contributed by atoms with Gasteiger partial charge < -0.3 is 4.90 Å². The van der Waals surface area contributed by atoms with Crippen LogP contribution in [0.15, 0.2) is 12.4 Å². The van der Waals surface area contributed by atoms with E-state index in [9.17, 15) is 0 Å². The topological polar surface area (TPSA) is 29.0 Å². The van der Waals surface area contributed by atoms with E-state index < -0.39 is 0 Å². The molecule has 2 unspecified atom stereocenters. The van der Waals surface area contributed by atoms with Gasteiger partial charge in [-0.1, -0.05) is 31.4 Å². The van der Waals surface area contributed by atoms with Crippen LogP contribution >= 0.6 is 11.6 Å². The zero-order valence-corrected chi connectivity index (χ0v) is 10.6. The molecule has 0 amide bonds. The van der Waals surface area contributed by atoms with Crippen LogP contribution in [0.25, 0.3) is 0 Å². The zero-order valence-electron chi connectivity index (χ0n) is 9.86. The van der Waals surface area contributed by atoms with Crippen LogP contribution in [0.4, 0.5) is 5.82 Å². The summed E-state index contributed by atoms with van der Waals surface area (Å²) >= 11 is 6.07. The van der Waals surface area contributed by atoms with Crippen LogP contribution in [0.1, 0.15) is 32.6 Å². The molecule has 1 aromatic heterocycles. The fourth-order valence-corrected chi connectivity index (χ4v) is 2.82. The van der Waals surface area contributed by atoms with Crippen LogP contribution in [0, 0.1) is 5.92 Å². The lowest BCUT2D eigenvalue weighted by Gasteiger charge is -2.37. The SMILES string of the molecule is CC1CCCCC1N(C)c1nccnc1Cl. The maximum Gasteiger partial charge on any atom is 0.171 e. The van der Waals surface area contributed by atoms with Crippen molar-refractivity contribution in [2.75, 3.05) is 11.9 Å². The van der Waals surface area contributed by atoms with Gasteiger partial charge in [0.25, 0.3) is 0 Å². The Kier molecular flexibility index (Phi) is 3.64. The third-order valence-electron chi connectivity index (χ3n) is 3.53. The summed E-state index contributed by atoms with van der Waals surface area (Å²) in [6.07, 6.45) is 8.50. The Morgan fingerprint density at radius 2 is 1.94 bits per heavy atom. The molecular formula is C12H18ClN3. The van der Waals surface area contributed by atoms with Crippen LogP contribution < -0.4 is 4.90 Å². The molecule has 1 aliphatic carbocycles. The van der Waals surface area contributed by atoms with E-state index in [0.29, 0.717) is 17.1 Å². The monoisotopic (exact) mass is 239 g/mol. The number of nitrogens with zero attached hydrogens (tertiary/aromatic N) is 3. The van der Waals surface area contributed by atoms with Gasteiger partial charge in [-0.3, -0.25) is 0 Å². The first kappa shape index (κ1) is 11.6. The summed E-state index contributed by atoms with van der Waals surface area (Å²) in [5, 5.41) is 0.503. The predicted molar refractivity (Wildman–Crippen MR) is 66.9 cm³/mol. The molecule has 0 saturated heterocycles. The average molecular weight is 240 g/mol. The first-order valence-corrected chi connectivity index (χ1v) is 6.27. The highest BCUT2D eigenvalue weighted by Crippen LogP contribution is 2.31. The molecule has 0 aliphatic heterocycles. The Bertz CT molecular complexity index is 356. The van der Waals surface area contributed by atoms with Gasteiger partial charge in [0, 0.05) is 25.5 Å². The maximum atomic E-state index is 6.07. The molecule has 0 radical (unpaired) electrons. The number of hydrogen-bond donors (Lipinski definition) is 0. The standard InChI is InChI=1S/C12H18ClN3/c1-9-5-3-4-6-10(9)16(2)12-11(13)14-7-8-15-12/h7-10H,3-6H2,1-2H3. The molecule has 4 heteroatoms. The van der Waals surface area contributed by atoms with Gasteiger partial charge in [0.1, 0.15) is 0 Å². The van der Waals surface area contributed by atoms with Crippen molar-refractivity contribution in [1.82, 2.24) is 9.97 Å². The molecule has 1 aromatic rings. The average Bonchev–Trinajstić information content (AvgIpc) is 2.29. The van der Waals surface area contributed by atoms with Crippen molar-refractivity contribution in [3.8, 4) is 0 Å². The molecule has 0 spiro atoms. The molecule has 16 heavy (non-hydrogen) atoms. The Labute approximate surface area is 102 Å². The Morgan fingerprint density at radius 1 is 1.25 bits per heavy atom. The lowest BCUT2D eigenvalue weighted by Crippen LogP contribution is -2.39. The molecule has 0 aromatic carbocycles. The van der Waals surface area contributed by atoms with E-state index >= 15 is 0 Å². The maximum absolute atomic E-state index is 6.07. The normalized spacial score (nSPS) is 25.4. The molecule has 1 heterocycles. The Morgan fingerprint density at radius 3 is 2.62 bits per heavy atom. The molecule has 0 bridgehead atoms. The second kappa shape index (κ2) is 5.00. The number of anilines is 1. The van der Waals surface area contributed by atoms with Crippen molar-refractivity contribution >= 4 is 17.4 Å². The summed E-state index contributed by atoms with van der Waals surface area (Å²) in [4.78, 5) is 10.6. The van der Waals surface area contributed by atoms with Gasteiger partial charge in [-0.15, -0.1) is 0 Å². The molecule has 1 fully saturated rings. The minimum Gasteiger partial charge on any atom is -0.354 e. The van der Waals surface area contributed by atoms with Gasteiger partial charge in [-0.2, -0.15) is 0 Å². The third-order valence-corrected chi connectivity index (χ3v) is 3.80. The van der Waals surface area contributed by atoms with E-state index in [1.807, 2.05) is 0 Å². The first-order chi connectivity index (χ1) is 7.70. The number of halogens is 1. The van der Waals surface area contributed by atoms with Crippen molar-refractivity contribution in [3.63, 3.8) is 0 Å². The van der Waals surface area contributed by atoms with Crippen molar-refractivity contribution in [3.05, 3.63) is 17.5 Å². The predicted octanol–water partition coefficient (Wildman–Crippen LogP) is 3.14. The molecule has 2 atom stereocenters. The van der Waals surface area contributed by atoms with E-state index in [4.69, 9.17) is 11.6 Å². The second-order valence-electron chi connectivity index (χ2n) is 4.61. The van der Waals surface area contributed by atoms with E-state index in [-0.39, 0.29) is 0 Å². The lowest BCUT2D eigenvalue weighted by atomic mass is 9.85. The van der Waals surface area contributed by atoms with E-state index in [1.54, 1.807) is 12.4 Å². The number of rotatable bonds is 2. The van der Waals surface area contributed by atoms with Crippen LogP contribution in [0.2, 0.25) is 5.15 Å². The zero-order chi connectivity index (χ0) is 11.5. The van der Waals surface area contributed by atoms with Crippen molar-refractivity contribution < 1.29 is 0 Å².